The molecule has 2 heterocycles. The average molecular weight is 146 g/mol. The maximum atomic E-state index is 10.8. The van der Waals surface area contributed by atoms with Crippen molar-refractivity contribution >= 4 is 9.84 Å². The fraction of sp³-hybridized carbons (Fsp3) is 0. The Bertz CT molecular complexity index is 281. The summed E-state index contributed by atoms with van der Waals surface area (Å²) in [5.74, 6) is 0. The molecule has 48 valence electrons. The van der Waals surface area contributed by atoms with Crippen molar-refractivity contribution in [2.75, 3.05) is 0 Å². The average Bonchev–Trinajstić information content (AvgIpc) is 2.62. The molecule has 2 aliphatic heterocycles. The molecule has 0 N–H and O–H groups in total. The van der Waals surface area contributed by atoms with Gasteiger partial charge in [0.1, 0.15) is 12.5 Å². The molecule has 0 bridgehead atoms. The van der Waals surface area contributed by atoms with Gasteiger partial charge in [-0.2, -0.15) is 0 Å². The Hall–Kier alpha value is -0.970. The SMILES string of the molecule is O=S(=O)(C1=CO1)C1=CO1. The Labute approximate surface area is 51.3 Å². The van der Waals surface area contributed by atoms with Crippen molar-refractivity contribution in [3.05, 3.63) is 22.7 Å². The molecule has 0 aromatic heterocycles. The maximum Gasteiger partial charge on any atom is 0.278 e. The Morgan fingerprint density at radius 1 is 1.11 bits per heavy atom. The summed E-state index contributed by atoms with van der Waals surface area (Å²) in [7, 11) is -3.31. The van der Waals surface area contributed by atoms with Gasteiger partial charge in [0.2, 0.25) is 0 Å². The van der Waals surface area contributed by atoms with E-state index in [9.17, 15) is 8.42 Å². The molecule has 0 saturated heterocycles. The molecule has 0 fully saturated rings. The van der Waals surface area contributed by atoms with Crippen LogP contribution in [0.5, 0.6) is 0 Å². The van der Waals surface area contributed by atoms with E-state index in [0.717, 1.165) is 12.5 Å². The molecule has 9 heavy (non-hydrogen) atoms. The highest BCUT2D eigenvalue weighted by Gasteiger charge is 2.38. The van der Waals surface area contributed by atoms with E-state index in [4.69, 9.17) is 0 Å². The number of rotatable bonds is 2. The second kappa shape index (κ2) is 1.13. The smallest absolute Gasteiger partial charge is 0.278 e. The van der Waals surface area contributed by atoms with E-state index in [1.165, 1.54) is 0 Å². The van der Waals surface area contributed by atoms with Gasteiger partial charge in [-0.25, -0.2) is 8.42 Å². The third kappa shape index (κ3) is 0.613. The zero-order chi connectivity index (χ0) is 6.48. The van der Waals surface area contributed by atoms with Crippen LogP contribution in [0.15, 0.2) is 22.7 Å². The Kier molecular flexibility index (Phi) is 0.612. The van der Waals surface area contributed by atoms with Crippen LogP contribution in [0.2, 0.25) is 0 Å². The fourth-order valence-corrected chi connectivity index (χ4v) is 1.20. The van der Waals surface area contributed by atoms with E-state index < -0.39 is 9.84 Å². The molecule has 0 amide bonds. The summed E-state index contributed by atoms with van der Waals surface area (Å²) in [5.41, 5.74) is 0. The largest absolute Gasteiger partial charge is 0.445 e. The van der Waals surface area contributed by atoms with Crippen LogP contribution in [0.3, 0.4) is 0 Å². The number of sulfone groups is 1. The van der Waals surface area contributed by atoms with Crippen LogP contribution in [-0.4, -0.2) is 8.42 Å². The molecule has 0 radical (unpaired) electrons. The highest BCUT2D eigenvalue weighted by atomic mass is 32.2. The first-order chi connectivity index (χ1) is 4.21. The summed E-state index contributed by atoms with van der Waals surface area (Å²) in [6, 6.07) is 0. The summed E-state index contributed by atoms with van der Waals surface area (Å²) < 4.78 is 30.3. The molecule has 0 aliphatic carbocycles. The van der Waals surface area contributed by atoms with Crippen molar-refractivity contribution < 1.29 is 17.9 Å². The summed E-state index contributed by atoms with van der Waals surface area (Å²) in [5, 5.41) is -0.0162. The van der Waals surface area contributed by atoms with Crippen molar-refractivity contribution in [2.45, 2.75) is 0 Å². The van der Waals surface area contributed by atoms with Gasteiger partial charge >= 0.3 is 0 Å². The quantitative estimate of drug-likeness (QED) is 0.552. The van der Waals surface area contributed by atoms with E-state index in [2.05, 4.69) is 9.47 Å². The lowest BCUT2D eigenvalue weighted by atomic mass is 11.3. The molecule has 2 rings (SSSR count). The van der Waals surface area contributed by atoms with Crippen LogP contribution in [0, 0.1) is 0 Å². The van der Waals surface area contributed by atoms with Crippen molar-refractivity contribution in [3.63, 3.8) is 0 Å². The van der Waals surface area contributed by atoms with Crippen molar-refractivity contribution in [2.24, 2.45) is 0 Å². The Morgan fingerprint density at radius 3 is 1.67 bits per heavy atom. The summed E-state index contributed by atoms with van der Waals surface area (Å²) in [6.07, 6.45) is 2.33. The molecule has 0 aromatic rings. The van der Waals surface area contributed by atoms with Gasteiger partial charge in [0.25, 0.3) is 20.0 Å². The first-order valence-corrected chi connectivity index (χ1v) is 3.68. The predicted molar refractivity (Wildman–Crippen MR) is 27.3 cm³/mol. The number of hydrogen-bond donors (Lipinski definition) is 0. The van der Waals surface area contributed by atoms with Gasteiger partial charge in [-0.3, -0.25) is 0 Å². The summed E-state index contributed by atoms with van der Waals surface area (Å²) >= 11 is 0. The highest BCUT2D eigenvalue weighted by molar-refractivity contribution is 7.99. The van der Waals surface area contributed by atoms with Gasteiger partial charge in [0, 0.05) is 0 Å². The molecule has 5 heteroatoms. The van der Waals surface area contributed by atoms with Crippen LogP contribution in [0.25, 0.3) is 0 Å². The molecule has 0 atom stereocenters. The first kappa shape index (κ1) is 4.87. The van der Waals surface area contributed by atoms with Crippen LogP contribution >= 0.6 is 0 Å². The lowest BCUT2D eigenvalue weighted by Crippen LogP contribution is -1.93. The van der Waals surface area contributed by atoms with E-state index in [1.54, 1.807) is 0 Å². The number of hydrogen-bond acceptors (Lipinski definition) is 4. The third-order valence-electron chi connectivity index (χ3n) is 0.958. The summed E-state index contributed by atoms with van der Waals surface area (Å²) in [4.78, 5) is 0. The van der Waals surface area contributed by atoms with Crippen LogP contribution in [0.1, 0.15) is 0 Å². The standard InChI is InChI=1S/C4H2O4S/c5-9(6,3-1-7-3)4-2-8-4/h1-2H. The first-order valence-electron chi connectivity index (χ1n) is 2.20. The Morgan fingerprint density at radius 2 is 1.44 bits per heavy atom. The van der Waals surface area contributed by atoms with Gasteiger partial charge in [-0.15, -0.1) is 0 Å². The zero-order valence-electron chi connectivity index (χ0n) is 4.20. The molecule has 0 aromatic carbocycles. The third-order valence-corrected chi connectivity index (χ3v) is 2.40. The predicted octanol–water partition coefficient (Wildman–Crippen LogP) is 0.0594. The normalized spacial score (nSPS) is 20.9. The van der Waals surface area contributed by atoms with E-state index >= 15 is 0 Å². The molecule has 2 aliphatic rings. The lowest BCUT2D eigenvalue weighted by molar-refractivity contribution is 0.494. The van der Waals surface area contributed by atoms with Gasteiger partial charge < -0.3 is 9.47 Å². The van der Waals surface area contributed by atoms with Gasteiger partial charge in [0.15, 0.2) is 0 Å². The van der Waals surface area contributed by atoms with E-state index in [1.807, 2.05) is 0 Å². The monoisotopic (exact) mass is 146 g/mol. The molecule has 0 unspecified atom stereocenters. The topological polar surface area (TPSA) is 59.2 Å². The van der Waals surface area contributed by atoms with Crippen molar-refractivity contribution in [1.82, 2.24) is 0 Å². The summed E-state index contributed by atoms with van der Waals surface area (Å²) in [6.45, 7) is 0. The fourth-order valence-electron chi connectivity index (χ4n) is 0.401. The lowest BCUT2D eigenvalue weighted by Gasteiger charge is -1.82. The van der Waals surface area contributed by atoms with Crippen LogP contribution < -0.4 is 0 Å². The minimum atomic E-state index is -3.31. The minimum Gasteiger partial charge on any atom is -0.445 e. The maximum absolute atomic E-state index is 10.8. The molecular formula is C4H2O4S. The van der Waals surface area contributed by atoms with Gasteiger partial charge in [-0.1, -0.05) is 0 Å². The molecule has 0 saturated carbocycles. The van der Waals surface area contributed by atoms with E-state index in [0.29, 0.717) is 0 Å². The van der Waals surface area contributed by atoms with E-state index in [-0.39, 0.29) is 10.2 Å². The van der Waals surface area contributed by atoms with Gasteiger partial charge in [0.05, 0.1) is 0 Å². The van der Waals surface area contributed by atoms with Crippen molar-refractivity contribution in [3.8, 4) is 0 Å². The van der Waals surface area contributed by atoms with Crippen LogP contribution in [-0.2, 0) is 19.3 Å². The van der Waals surface area contributed by atoms with Gasteiger partial charge in [-0.05, 0) is 0 Å². The molecule has 4 nitrogen and oxygen atoms in total. The molecular weight excluding hydrogens is 144 g/mol. The second-order valence-corrected chi connectivity index (χ2v) is 3.42. The highest BCUT2D eigenvalue weighted by Crippen LogP contribution is 2.33. The Balaban J connectivity index is 2.42. The van der Waals surface area contributed by atoms with Crippen molar-refractivity contribution in [1.29, 1.82) is 0 Å². The zero-order valence-corrected chi connectivity index (χ0v) is 5.01. The van der Waals surface area contributed by atoms with Crippen LogP contribution in [0.4, 0.5) is 0 Å². The minimum absolute atomic E-state index is 0.00810. The number of ether oxygens (including phenoxy) is 2. The molecule has 0 spiro atoms. The second-order valence-electron chi connectivity index (χ2n) is 1.61.